The normalized spacial score (nSPS) is 15.4. The first-order chi connectivity index (χ1) is 12.2. The van der Waals surface area contributed by atoms with Crippen molar-refractivity contribution in [3.63, 3.8) is 0 Å². The van der Waals surface area contributed by atoms with Crippen LogP contribution in [-0.2, 0) is 6.42 Å². The van der Waals surface area contributed by atoms with Crippen LogP contribution in [0.5, 0.6) is 0 Å². The van der Waals surface area contributed by atoms with Crippen molar-refractivity contribution in [1.82, 2.24) is 10.3 Å². The lowest BCUT2D eigenvalue weighted by molar-refractivity contribution is 0.653. The Morgan fingerprint density at radius 3 is 2.76 bits per heavy atom. The number of hydrogen-bond acceptors (Lipinski definition) is 3. The van der Waals surface area contributed by atoms with Crippen LogP contribution in [-0.4, -0.2) is 22.4 Å². The summed E-state index contributed by atoms with van der Waals surface area (Å²) in [6.45, 7) is 5.25. The Hall–Kier alpha value is -2.20. The van der Waals surface area contributed by atoms with Crippen LogP contribution in [0.25, 0.3) is 10.9 Å². The molecule has 1 unspecified atom stereocenters. The number of nitrogens with zero attached hydrogens (tertiary/aromatic N) is 1. The van der Waals surface area contributed by atoms with Crippen molar-refractivity contribution in [2.24, 2.45) is 4.99 Å². The summed E-state index contributed by atoms with van der Waals surface area (Å²) in [5, 5.41) is 6.06. The van der Waals surface area contributed by atoms with Crippen molar-refractivity contribution >= 4 is 27.8 Å². The summed E-state index contributed by atoms with van der Waals surface area (Å²) < 4.78 is 0. The van der Waals surface area contributed by atoms with Gasteiger partial charge in [0.2, 0.25) is 0 Å². The van der Waals surface area contributed by atoms with Gasteiger partial charge in [0.25, 0.3) is 0 Å². The topological polar surface area (TPSA) is 40.2 Å². The van der Waals surface area contributed by atoms with Gasteiger partial charge in [-0.05, 0) is 43.5 Å². The van der Waals surface area contributed by atoms with E-state index in [9.17, 15) is 0 Å². The molecule has 1 aromatic heterocycles. The highest BCUT2D eigenvalue weighted by atomic mass is 32.2. The maximum atomic E-state index is 4.61. The van der Waals surface area contributed by atoms with E-state index in [1.807, 2.05) is 18.0 Å². The van der Waals surface area contributed by atoms with Crippen LogP contribution in [0.2, 0.25) is 0 Å². The van der Waals surface area contributed by atoms with E-state index in [0.29, 0.717) is 0 Å². The molecule has 0 amide bonds. The molecule has 0 saturated heterocycles. The lowest BCUT2D eigenvalue weighted by Gasteiger charge is -2.21. The molecule has 3 nitrogen and oxygen atoms in total. The van der Waals surface area contributed by atoms with Gasteiger partial charge < -0.3 is 10.3 Å². The number of aryl methyl sites for hydroxylation is 2. The summed E-state index contributed by atoms with van der Waals surface area (Å²) in [4.78, 5) is 7.93. The highest BCUT2D eigenvalue weighted by Crippen LogP contribution is 2.28. The number of aliphatic imine (C=N–C) groups is 1. The average molecular weight is 350 g/mol. The zero-order valence-corrected chi connectivity index (χ0v) is 15.5. The third-order valence-corrected chi connectivity index (χ3v) is 5.52. The summed E-state index contributed by atoms with van der Waals surface area (Å²) >= 11 is 1.82. The second-order valence-corrected chi connectivity index (χ2v) is 7.80. The van der Waals surface area contributed by atoms with E-state index in [2.05, 4.69) is 71.6 Å². The Kier molecular flexibility index (Phi) is 4.53. The second kappa shape index (κ2) is 6.96. The summed E-state index contributed by atoms with van der Waals surface area (Å²) in [6.07, 6.45) is 2.97. The molecule has 1 aliphatic heterocycles. The third kappa shape index (κ3) is 3.59. The van der Waals surface area contributed by atoms with Crippen molar-refractivity contribution in [2.75, 3.05) is 12.3 Å². The van der Waals surface area contributed by atoms with Gasteiger partial charge in [0, 0.05) is 22.9 Å². The van der Waals surface area contributed by atoms with E-state index in [-0.39, 0.29) is 6.04 Å². The molecule has 1 atom stereocenters. The molecule has 1 aliphatic rings. The molecular weight excluding hydrogens is 326 g/mol. The van der Waals surface area contributed by atoms with Gasteiger partial charge in [-0.15, -0.1) is 0 Å². The number of amidine groups is 1. The third-order valence-electron chi connectivity index (χ3n) is 4.61. The Labute approximate surface area is 152 Å². The Bertz CT molecular complexity index is 906. The first kappa shape index (κ1) is 16.3. The van der Waals surface area contributed by atoms with Gasteiger partial charge in [-0.3, -0.25) is 4.99 Å². The van der Waals surface area contributed by atoms with Gasteiger partial charge in [0.1, 0.15) is 0 Å². The van der Waals surface area contributed by atoms with E-state index in [4.69, 9.17) is 0 Å². The van der Waals surface area contributed by atoms with Crippen LogP contribution in [0.1, 0.15) is 28.3 Å². The number of aromatic amines is 1. The molecular formula is C21H23N3S. The summed E-state index contributed by atoms with van der Waals surface area (Å²) in [6, 6.07) is 15.7. The number of aromatic nitrogens is 1. The summed E-state index contributed by atoms with van der Waals surface area (Å²) in [7, 11) is 0. The van der Waals surface area contributed by atoms with Crippen LogP contribution in [0, 0.1) is 13.8 Å². The molecule has 2 aromatic carbocycles. The minimum absolute atomic E-state index is 0.213. The average Bonchev–Trinajstić information content (AvgIpc) is 3.24. The van der Waals surface area contributed by atoms with Crippen LogP contribution < -0.4 is 5.32 Å². The van der Waals surface area contributed by atoms with Gasteiger partial charge in [-0.25, -0.2) is 0 Å². The molecule has 0 saturated carbocycles. The van der Waals surface area contributed by atoms with Gasteiger partial charge in [-0.1, -0.05) is 53.2 Å². The zero-order chi connectivity index (χ0) is 17.2. The molecule has 0 bridgehead atoms. The molecule has 0 aliphatic carbocycles. The number of rotatable bonds is 4. The molecule has 0 spiro atoms. The molecule has 3 aromatic rings. The maximum absolute atomic E-state index is 4.61. The van der Waals surface area contributed by atoms with E-state index in [1.54, 1.807) is 0 Å². The van der Waals surface area contributed by atoms with Crippen LogP contribution >= 0.6 is 11.8 Å². The van der Waals surface area contributed by atoms with Crippen molar-refractivity contribution in [2.45, 2.75) is 26.3 Å². The highest BCUT2D eigenvalue weighted by molar-refractivity contribution is 8.14. The number of H-pyrrole nitrogens is 1. The predicted molar refractivity (Wildman–Crippen MR) is 109 cm³/mol. The smallest absolute Gasteiger partial charge is 0.157 e. The lowest BCUT2D eigenvalue weighted by atomic mass is 9.94. The summed E-state index contributed by atoms with van der Waals surface area (Å²) in [5.41, 5.74) is 6.52. The van der Waals surface area contributed by atoms with Crippen molar-refractivity contribution in [3.8, 4) is 0 Å². The molecule has 4 heteroatoms. The highest BCUT2D eigenvalue weighted by Gasteiger charge is 2.19. The maximum Gasteiger partial charge on any atom is 0.157 e. The minimum Gasteiger partial charge on any atom is -0.361 e. The van der Waals surface area contributed by atoms with Crippen LogP contribution in [0.3, 0.4) is 0 Å². The molecule has 25 heavy (non-hydrogen) atoms. The zero-order valence-electron chi connectivity index (χ0n) is 14.7. The van der Waals surface area contributed by atoms with E-state index in [0.717, 1.165) is 23.9 Å². The van der Waals surface area contributed by atoms with Crippen LogP contribution in [0.15, 0.2) is 53.7 Å². The Balaban J connectivity index is 1.72. The number of benzene rings is 2. The van der Waals surface area contributed by atoms with E-state index in [1.165, 1.54) is 33.2 Å². The number of fused-ring (bicyclic) bond motifs is 1. The van der Waals surface area contributed by atoms with Gasteiger partial charge in [-0.2, -0.15) is 0 Å². The second-order valence-electron chi connectivity index (χ2n) is 6.72. The number of hydrogen-bond donors (Lipinski definition) is 2. The van der Waals surface area contributed by atoms with Gasteiger partial charge in [0.15, 0.2) is 5.17 Å². The minimum atomic E-state index is 0.213. The lowest BCUT2D eigenvalue weighted by Crippen LogP contribution is -2.27. The quantitative estimate of drug-likeness (QED) is 0.713. The van der Waals surface area contributed by atoms with Crippen molar-refractivity contribution in [1.29, 1.82) is 0 Å². The number of nitrogens with one attached hydrogen (secondary N) is 2. The SMILES string of the molecule is Cc1cc(C)cc(CC(NC2=NCCS2)c2cccc3[nH]ccc23)c1. The van der Waals surface area contributed by atoms with Gasteiger partial charge >= 0.3 is 0 Å². The largest absolute Gasteiger partial charge is 0.361 e. The fourth-order valence-corrected chi connectivity index (χ4v) is 4.43. The first-order valence-corrected chi connectivity index (χ1v) is 9.74. The molecule has 0 radical (unpaired) electrons. The van der Waals surface area contributed by atoms with Crippen LogP contribution in [0.4, 0.5) is 0 Å². The molecule has 4 rings (SSSR count). The van der Waals surface area contributed by atoms with Gasteiger partial charge in [0.05, 0.1) is 12.6 Å². The monoisotopic (exact) mass is 349 g/mol. The predicted octanol–water partition coefficient (Wildman–Crippen LogP) is 4.76. The number of thioether (sulfide) groups is 1. The van der Waals surface area contributed by atoms with E-state index < -0.39 is 0 Å². The molecule has 0 fully saturated rings. The molecule has 128 valence electrons. The Morgan fingerprint density at radius 2 is 2.00 bits per heavy atom. The first-order valence-electron chi connectivity index (χ1n) is 8.76. The fraction of sp³-hybridized carbons (Fsp3) is 0.286. The summed E-state index contributed by atoms with van der Waals surface area (Å²) in [5.74, 6) is 1.08. The standard InChI is InChI=1S/C21H23N3S/c1-14-10-15(2)12-16(11-14)13-20(24-21-23-8-9-25-21)17-4-3-5-19-18(17)6-7-22-19/h3-7,10-12,20,22H,8-9,13H2,1-2H3,(H,23,24). The van der Waals surface area contributed by atoms with E-state index >= 15 is 0 Å². The Morgan fingerprint density at radius 1 is 1.16 bits per heavy atom. The molecule has 2 N–H and O–H groups in total. The molecule has 2 heterocycles. The van der Waals surface area contributed by atoms with Crippen molar-refractivity contribution < 1.29 is 0 Å². The van der Waals surface area contributed by atoms with Crippen molar-refractivity contribution in [3.05, 3.63) is 70.9 Å². The fourth-order valence-electron chi connectivity index (χ4n) is 3.65.